The van der Waals surface area contributed by atoms with E-state index in [1.807, 2.05) is 24.3 Å². The predicted molar refractivity (Wildman–Crippen MR) is 362 cm³/mol. The Balaban J connectivity index is 0.000000568. The van der Waals surface area contributed by atoms with Crippen molar-refractivity contribution in [3.05, 3.63) is 206 Å². The van der Waals surface area contributed by atoms with Gasteiger partial charge in [0.2, 0.25) is 6.08 Å². The summed E-state index contributed by atoms with van der Waals surface area (Å²) >= 11 is 6.29. The number of isocyanates is 1. The third kappa shape index (κ3) is 38.6. The molecule has 0 aliphatic rings. The first-order chi connectivity index (χ1) is 41.9. The molecule has 0 aliphatic heterocycles. The number of nitrogens with zero attached hydrogens (tertiary/aromatic N) is 8. The van der Waals surface area contributed by atoms with Crippen LogP contribution in [0.15, 0.2) is 174 Å². The predicted octanol–water partition coefficient (Wildman–Crippen LogP) is 8.78. The van der Waals surface area contributed by atoms with Gasteiger partial charge in [0.15, 0.2) is 0 Å². The number of hydrogen-bond acceptors (Lipinski definition) is 18. The van der Waals surface area contributed by atoms with Gasteiger partial charge in [0, 0.05) is 206 Å². The van der Waals surface area contributed by atoms with Crippen LogP contribution in [0.4, 0.5) is 21.9 Å². The van der Waals surface area contributed by atoms with Gasteiger partial charge in [0.25, 0.3) is 17.7 Å². The van der Waals surface area contributed by atoms with Crippen LogP contribution in [0.2, 0.25) is 0 Å². The average Bonchev–Trinajstić information content (AvgIpc) is 1.60. The van der Waals surface area contributed by atoms with Gasteiger partial charge in [-0.1, -0.05) is 47.8 Å². The number of nitrogens with two attached hydrogens (primary N) is 2. The quantitative estimate of drug-likeness (QED) is 0.0405. The molecule has 0 unspecified atom stereocenters. The number of carbonyl (C=O) groups excluding carboxylic acids is 5. The van der Waals surface area contributed by atoms with Crippen molar-refractivity contribution in [3.8, 4) is 36.0 Å². The van der Waals surface area contributed by atoms with Gasteiger partial charge < -0.3 is 27.2 Å². The molecule has 8 N–H and O–H groups in total. The van der Waals surface area contributed by atoms with E-state index in [0.717, 1.165) is 11.1 Å². The monoisotopic (exact) mass is 1430 g/mol. The Morgan fingerprint density at radius 1 is 0.533 bits per heavy atom. The Morgan fingerprint density at radius 3 is 1.20 bits per heavy atom. The first kappa shape index (κ1) is 78.4. The lowest BCUT2D eigenvalue weighted by molar-refractivity contribution is 0.0695. The zero-order valence-corrected chi connectivity index (χ0v) is 56.5. The number of nitrogen functional groups attached to an aromatic ring is 2. The van der Waals surface area contributed by atoms with Crippen LogP contribution in [-0.2, 0) is 43.7 Å². The maximum Gasteiger partial charge on any atom is 0.337 e. The highest BCUT2D eigenvalue weighted by molar-refractivity contribution is 9.10. The number of anilines is 3. The van der Waals surface area contributed by atoms with Crippen LogP contribution in [0.1, 0.15) is 69.2 Å². The van der Waals surface area contributed by atoms with Gasteiger partial charge >= 0.3 is 12.0 Å². The number of nitrogens with one attached hydrogen (secondary N) is 3. The summed E-state index contributed by atoms with van der Waals surface area (Å²) in [7, 11) is -6.69. The van der Waals surface area contributed by atoms with Crippen molar-refractivity contribution in [2.24, 2.45) is 18.1 Å². The first-order valence-electron chi connectivity index (χ1n) is 24.9. The van der Waals surface area contributed by atoms with Gasteiger partial charge in [-0.15, -0.1) is 6.42 Å². The number of halogens is 2. The van der Waals surface area contributed by atoms with Crippen molar-refractivity contribution < 1.29 is 50.7 Å². The van der Waals surface area contributed by atoms with Crippen LogP contribution in [-0.4, -0.2) is 142 Å². The third-order valence-corrected chi connectivity index (χ3v) is 11.5. The maximum atomic E-state index is 12.0. The lowest BCUT2D eigenvalue weighted by atomic mass is 10.1. The minimum absolute atomic E-state index is 0.189. The molecular weight excluding hydrogens is 1370 g/mol. The molecule has 90 heavy (non-hydrogen) atoms. The topological polar surface area (TPSA) is 392 Å². The number of urea groups is 1. The fraction of sp³-hybridized carbons (Fsp3) is 0.167. The summed E-state index contributed by atoms with van der Waals surface area (Å²) in [5, 5.41) is 13.6. The number of aromatic carboxylic acids is 1. The number of amides is 5. The van der Waals surface area contributed by atoms with E-state index in [9.17, 15) is 40.8 Å². The molecule has 30 heteroatoms. The molecule has 0 radical (unpaired) electrons. The van der Waals surface area contributed by atoms with E-state index in [2.05, 4.69) is 110 Å². The van der Waals surface area contributed by atoms with Gasteiger partial charge in [-0.25, -0.2) is 32.0 Å². The number of carboxylic acids is 1. The smallest absolute Gasteiger partial charge is 0.337 e. The first-order valence-corrected chi connectivity index (χ1v) is 35.8. The molecule has 0 bridgehead atoms. The van der Waals surface area contributed by atoms with Crippen molar-refractivity contribution in [2.75, 3.05) is 80.9 Å². The molecule has 4 aromatic heterocycles. The van der Waals surface area contributed by atoms with E-state index in [-0.39, 0.29) is 22.7 Å². The molecule has 0 aliphatic carbocycles. The van der Waals surface area contributed by atoms with Crippen LogP contribution in [0, 0.1) is 40.8 Å². The average molecular weight is 1430 g/mol. The summed E-state index contributed by atoms with van der Waals surface area (Å²) in [5.74, 6) is 11.6. The standard InChI is InChI=1S/C18H18N4O3S.C16H15N3O2S.C8H9BrN2O2S.C8H7N.C6H4BrNO2.C2H7NOS.C2H3NO/c1-19-18(24)21-16-6-4-5-13(10-16)7-8-14-9-15(12-20-11-14)17(23)22-26(2,3)25;1-22(2,21)19-16(20)14-8-13(10-18-11-14)7-6-12-4-3-5-15(17)9-12;1-14(2,13)11-8(12)6-3-7(9)5-10-4-6;1-2-7-4-3-5-8(9)6-7;7-5-1-4(6(9)10)2-8-3-5;1-5(2,3)4;1-3-2-4/h4-6,9-12H,1-3H3,(H2,19,21,24);3-5,8-11H,17H2,1-2H3;3-5H,1-2H3;1,3-6H,9H2;1-3H,(H,9,10);3H,1-2H3;1H3. The van der Waals surface area contributed by atoms with Crippen molar-refractivity contribution in [3.63, 3.8) is 0 Å². The highest BCUT2D eigenvalue weighted by atomic mass is 79.9. The van der Waals surface area contributed by atoms with Gasteiger partial charge in [-0.3, -0.25) is 43.3 Å². The van der Waals surface area contributed by atoms with Crippen LogP contribution in [0.3, 0.4) is 0 Å². The highest BCUT2D eigenvalue weighted by Gasteiger charge is 2.10. The molecule has 0 fully saturated rings. The van der Waals surface area contributed by atoms with E-state index in [0.29, 0.717) is 48.3 Å². The largest absolute Gasteiger partial charge is 0.478 e. The number of carboxylic acid groups (broad SMARTS) is 1. The number of rotatable bonds is 5. The second kappa shape index (κ2) is 39.3. The number of aromatic nitrogens is 4. The number of pyridine rings is 4. The SMILES string of the molecule is C#Cc1cccc(N)c1.CN=C=O.CNC(=O)Nc1cccc(C#Cc2cncc(C(=O)N=S(C)(C)=O)c2)c1.CS(C)(=N)=O.CS(C)(=O)=NC(=O)c1cncc(Br)c1.CS(C)(=O)=NC(=O)c1cncc(C#Cc2cccc(N)c2)c1.O=C(O)c1cncc(Br)c1. The molecule has 24 nitrogen and oxygen atoms in total. The maximum absolute atomic E-state index is 12.0. The Bertz CT molecular complexity index is 4440. The number of aliphatic imine (C=N–C) groups is 1. The number of hydrogen-bond donors (Lipinski definition) is 6. The molecule has 7 rings (SSSR count). The molecule has 0 spiro atoms. The third-order valence-electron chi connectivity index (χ3n) is 8.86. The van der Waals surface area contributed by atoms with Gasteiger partial charge in [-0.05, 0) is 111 Å². The van der Waals surface area contributed by atoms with Gasteiger partial charge in [0.05, 0.1) is 22.3 Å². The number of benzene rings is 3. The molecule has 7 aromatic rings. The number of carbonyl (C=O) groups is 5. The van der Waals surface area contributed by atoms with Gasteiger partial charge in [-0.2, -0.15) is 13.1 Å². The van der Waals surface area contributed by atoms with Crippen LogP contribution >= 0.6 is 31.9 Å². The van der Waals surface area contributed by atoms with E-state index >= 15 is 0 Å². The lowest BCUT2D eigenvalue weighted by Gasteiger charge is -2.03. The molecule has 0 atom stereocenters. The second-order valence-corrected chi connectivity index (χ2v) is 30.4. The van der Waals surface area contributed by atoms with Crippen LogP contribution < -0.4 is 22.1 Å². The van der Waals surface area contributed by atoms with Crippen LogP contribution in [0.5, 0.6) is 0 Å². The molecule has 0 saturated carbocycles. The molecule has 472 valence electrons. The molecule has 3 aromatic carbocycles. The zero-order chi connectivity index (χ0) is 68.3. The Labute approximate surface area is 541 Å². The van der Waals surface area contributed by atoms with Crippen molar-refractivity contribution >= 4 is 124 Å². The van der Waals surface area contributed by atoms with E-state index in [1.54, 1.807) is 79.1 Å². The highest BCUT2D eigenvalue weighted by Crippen LogP contribution is 2.14. The van der Waals surface area contributed by atoms with E-state index in [4.69, 9.17) is 32.6 Å². The summed E-state index contributed by atoms with van der Waals surface area (Å²) in [4.78, 5) is 84.2. The zero-order valence-electron chi connectivity index (χ0n) is 50.1. The Hall–Kier alpha value is -9.57. The molecule has 4 heterocycles. The summed E-state index contributed by atoms with van der Waals surface area (Å²) in [6.45, 7) is 0. The summed E-state index contributed by atoms with van der Waals surface area (Å²) in [5.41, 5.74) is 17.5. The summed E-state index contributed by atoms with van der Waals surface area (Å²) in [6.07, 6.45) is 29.2. The Kier molecular flexibility index (Phi) is 34.3. The summed E-state index contributed by atoms with van der Waals surface area (Å²) in [6, 6.07) is 27.4. The van der Waals surface area contributed by atoms with Crippen molar-refractivity contribution in [1.82, 2.24) is 25.3 Å². The molecule has 5 amide bonds. The second-order valence-electron chi connectivity index (χ2n) is 18.5. The minimum Gasteiger partial charge on any atom is -0.478 e. The molecular formula is C60H63Br2N13O11S4. The molecule has 0 saturated heterocycles. The van der Waals surface area contributed by atoms with Crippen molar-refractivity contribution in [1.29, 1.82) is 4.78 Å². The minimum atomic E-state index is -2.53. The lowest BCUT2D eigenvalue weighted by Crippen LogP contribution is -2.24. The van der Waals surface area contributed by atoms with E-state index < -0.39 is 62.6 Å². The van der Waals surface area contributed by atoms with Crippen LogP contribution in [0.25, 0.3) is 0 Å². The van der Waals surface area contributed by atoms with Gasteiger partial charge in [0.1, 0.15) is 0 Å². The normalized spacial score (nSPS) is 9.94. The summed E-state index contributed by atoms with van der Waals surface area (Å²) < 4.78 is 62.9. The number of terminal acetylenes is 1. The fourth-order valence-electron chi connectivity index (χ4n) is 5.47. The fourth-order valence-corrected chi connectivity index (χ4v) is 7.71. The van der Waals surface area contributed by atoms with Crippen molar-refractivity contribution in [2.45, 2.75) is 0 Å². The Morgan fingerprint density at radius 2 is 0.867 bits per heavy atom. The van der Waals surface area contributed by atoms with E-state index in [1.165, 1.54) is 113 Å².